The normalized spacial score (nSPS) is 41.1. The van der Waals surface area contributed by atoms with E-state index in [4.69, 9.17) is 4.74 Å². The average molecular weight is 316 g/mol. The van der Waals surface area contributed by atoms with E-state index in [0.717, 1.165) is 43.8 Å². The Bertz CT molecular complexity index is 333. The molecular formula is C16H30ClN3O. The van der Waals surface area contributed by atoms with Crippen molar-refractivity contribution in [2.45, 2.75) is 62.7 Å². The maximum atomic E-state index is 5.67. The monoisotopic (exact) mass is 315 g/mol. The van der Waals surface area contributed by atoms with Crippen molar-refractivity contribution in [3.05, 3.63) is 0 Å². The van der Waals surface area contributed by atoms with Crippen molar-refractivity contribution in [3.8, 4) is 0 Å². The fraction of sp³-hybridized carbons (Fsp3) is 1.00. The molecule has 0 spiro atoms. The van der Waals surface area contributed by atoms with Crippen molar-refractivity contribution < 1.29 is 4.74 Å². The average Bonchev–Trinajstić information content (AvgIpc) is 3.06. The van der Waals surface area contributed by atoms with Gasteiger partial charge in [0, 0.05) is 43.8 Å². The summed E-state index contributed by atoms with van der Waals surface area (Å²) in [5, 5.41) is 7.68. The quantitative estimate of drug-likeness (QED) is 0.822. The lowest BCUT2D eigenvalue weighted by Crippen LogP contribution is -2.52. The summed E-state index contributed by atoms with van der Waals surface area (Å²) in [7, 11) is 0. The molecule has 5 heteroatoms. The van der Waals surface area contributed by atoms with Gasteiger partial charge in [0.2, 0.25) is 0 Å². The first-order valence-electron chi connectivity index (χ1n) is 8.71. The van der Waals surface area contributed by atoms with Gasteiger partial charge in [-0.2, -0.15) is 0 Å². The molecule has 4 rings (SSSR count). The third kappa shape index (κ3) is 3.73. The van der Waals surface area contributed by atoms with E-state index in [-0.39, 0.29) is 12.4 Å². The second-order valence-electron chi connectivity index (χ2n) is 7.22. The van der Waals surface area contributed by atoms with Gasteiger partial charge in [0.05, 0.1) is 13.2 Å². The van der Waals surface area contributed by atoms with Crippen LogP contribution in [-0.4, -0.2) is 61.9 Å². The van der Waals surface area contributed by atoms with Gasteiger partial charge in [-0.15, -0.1) is 12.4 Å². The molecular weight excluding hydrogens is 286 g/mol. The third-order valence-electron chi connectivity index (χ3n) is 5.77. The van der Waals surface area contributed by atoms with Crippen LogP contribution in [0.5, 0.6) is 0 Å². The van der Waals surface area contributed by atoms with Gasteiger partial charge in [0.1, 0.15) is 0 Å². The SMILES string of the molecule is C1CC(NC2CCN(C3CC3)C2)C(C2COCCN2)C1.Cl. The van der Waals surface area contributed by atoms with Crippen molar-refractivity contribution >= 4 is 12.4 Å². The molecule has 0 amide bonds. The molecule has 2 saturated carbocycles. The first-order chi connectivity index (χ1) is 9.90. The Morgan fingerprint density at radius 2 is 2.00 bits per heavy atom. The number of likely N-dealkylation sites (tertiary alicyclic amines) is 1. The molecule has 0 aromatic heterocycles. The molecule has 0 aromatic rings. The Hall–Kier alpha value is 0.130. The lowest BCUT2D eigenvalue weighted by Gasteiger charge is -2.34. The van der Waals surface area contributed by atoms with Crippen molar-refractivity contribution in [3.63, 3.8) is 0 Å². The molecule has 4 unspecified atom stereocenters. The second kappa shape index (κ2) is 7.14. The predicted octanol–water partition coefficient (Wildman–Crippen LogP) is 1.39. The van der Waals surface area contributed by atoms with Crippen LogP contribution in [0, 0.1) is 5.92 Å². The Balaban J connectivity index is 0.00000132. The summed E-state index contributed by atoms with van der Waals surface area (Å²) in [5.41, 5.74) is 0. The van der Waals surface area contributed by atoms with Gasteiger partial charge < -0.3 is 15.4 Å². The molecule has 122 valence electrons. The molecule has 2 saturated heterocycles. The molecule has 4 nitrogen and oxygen atoms in total. The van der Waals surface area contributed by atoms with Gasteiger partial charge in [-0.1, -0.05) is 6.42 Å². The zero-order valence-electron chi connectivity index (χ0n) is 12.9. The van der Waals surface area contributed by atoms with Crippen LogP contribution >= 0.6 is 12.4 Å². The van der Waals surface area contributed by atoms with Crippen molar-refractivity contribution in [2.24, 2.45) is 5.92 Å². The molecule has 2 aliphatic carbocycles. The molecule has 2 heterocycles. The number of hydrogen-bond acceptors (Lipinski definition) is 4. The zero-order valence-corrected chi connectivity index (χ0v) is 13.7. The van der Waals surface area contributed by atoms with Gasteiger partial charge in [0.25, 0.3) is 0 Å². The Labute approximate surface area is 134 Å². The van der Waals surface area contributed by atoms with Crippen LogP contribution in [0.4, 0.5) is 0 Å². The first kappa shape index (κ1) is 16.0. The smallest absolute Gasteiger partial charge is 0.0623 e. The third-order valence-corrected chi connectivity index (χ3v) is 5.77. The van der Waals surface area contributed by atoms with Crippen molar-refractivity contribution in [1.82, 2.24) is 15.5 Å². The number of hydrogen-bond donors (Lipinski definition) is 2. The van der Waals surface area contributed by atoms with E-state index in [1.54, 1.807) is 0 Å². The van der Waals surface area contributed by atoms with E-state index in [9.17, 15) is 0 Å². The molecule has 2 aliphatic heterocycles. The fourth-order valence-electron chi connectivity index (χ4n) is 4.54. The number of nitrogens with one attached hydrogen (secondary N) is 2. The van der Waals surface area contributed by atoms with Crippen molar-refractivity contribution in [1.29, 1.82) is 0 Å². The largest absolute Gasteiger partial charge is 0.379 e. The van der Waals surface area contributed by atoms with Crippen LogP contribution in [0.1, 0.15) is 38.5 Å². The molecule has 4 atom stereocenters. The summed E-state index contributed by atoms with van der Waals surface area (Å²) in [6.07, 6.45) is 8.37. The predicted molar refractivity (Wildman–Crippen MR) is 87.1 cm³/mol. The molecule has 4 aliphatic rings. The van der Waals surface area contributed by atoms with Gasteiger partial charge in [-0.3, -0.25) is 4.90 Å². The van der Waals surface area contributed by atoms with Crippen LogP contribution in [0.3, 0.4) is 0 Å². The molecule has 2 N–H and O–H groups in total. The number of halogens is 1. The highest BCUT2D eigenvalue weighted by Crippen LogP contribution is 2.33. The van der Waals surface area contributed by atoms with E-state index < -0.39 is 0 Å². The Kier molecular flexibility index (Phi) is 5.44. The second-order valence-corrected chi connectivity index (χ2v) is 7.22. The van der Waals surface area contributed by atoms with Crippen LogP contribution < -0.4 is 10.6 Å². The molecule has 0 radical (unpaired) electrons. The topological polar surface area (TPSA) is 36.5 Å². The van der Waals surface area contributed by atoms with Crippen LogP contribution in [0.2, 0.25) is 0 Å². The minimum absolute atomic E-state index is 0. The number of nitrogens with zero attached hydrogens (tertiary/aromatic N) is 1. The van der Waals surface area contributed by atoms with E-state index in [1.165, 1.54) is 51.6 Å². The molecule has 0 bridgehead atoms. The Morgan fingerprint density at radius 1 is 1.10 bits per heavy atom. The van der Waals surface area contributed by atoms with Crippen LogP contribution in [0.25, 0.3) is 0 Å². The maximum Gasteiger partial charge on any atom is 0.0623 e. The first-order valence-corrected chi connectivity index (χ1v) is 8.71. The fourth-order valence-corrected chi connectivity index (χ4v) is 4.54. The number of morpholine rings is 1. The number of rotatable bonds is 4. The zero-order chi connectivity index (χ0) is 13.4. The summed E-state index contributed by atoms with van der Waals surface area (Å²) in [6, 6.07) is 2.99. The van der Waals surface area contributed by atoms with Crippen molar-refractivity contribution in [2.75, 3.05) is 32.8 Å². The lowest BCUT2D eigenvalue weighted by molar-refractivity contribution is 0.0517. The summed E-state index contributed by atoms with van der Waals surface area (Å²) in [5.74, 6) is 0.783. The Morgan fingerprint density at radius 3 is 2.76 bits per heavy atom. The highest BCUT2D eigenvalue weighted by Gasteiger charge is 2.38. The van der Waals surface area contributed by atoms with Gasteiger partial charge >= 0.3 is 0 Å². The van der Waals surface area contributed by atoms with E-state index >= 15 is 0 Å². The summed E-state index contributed by atoms with van der Waals surface area (Å²) in [6.45, 7) is 5.46. The molecule has 21 heavy (non-hydrogen) atoms. The molecule has 0 aromatic carbocycles. The maximum absolute atomic E-state index is 5.67. The minimum Gasteiger partial charge on any atom is -0.379 e. The van der Waals surface area contributed by atoms with Gasteiger partial charge in [0.15, 0.2) is 0 Å². The number of ether oxygens (including phenoxy) is 1. The summed E-state index contributed by atoms with van der Waals surface area (Å²) >= 11 is 0. The highest BCUT2D eigenvalue weighted by atomic mass is 35.5. The highest BCUT2D eigenvalue weighted by molar-refractivity contribution is 5.85. The lowest BCUT2D eigenvalue weighted by atomic mass is 9.93. The standard InChI is InChI=1S/C16H29N3O.ClH/c1-2-14(16-11-20-9-7-17-16)15(3-1)18-12-6-8-19(10-12)13-4-5-13;/h12-18H,1-11H2;1H. The van der Waals surface area contributed by atoms with E-state index in [2.05, 4.69) is 15.5 Å². The van der Waals surface area contributed by atoms with Crippen LogP contribution in [0.15, 0.2) is 0 Å². The minimum atomic E-state index is 0. The summed E-state index contributed by atoms with van der Waals surface area (Å²) < 4.78 is 5.67. The van der Waals surface area contributed by atoms with E-state index in [0.29, 0.717) is 6.04 Å². The summed E-state index contributed by atoms with van der Waals surface area (Å²) in [4.78, 5) is 2.71. The van der Waals surface area contributed by atoms with Crippen LogP contribution in [-0.2, 0) is 4.74 Å². The van der Waals surface area contributed by atoms with Gasteiger partial charge in [-0.25, -0.2) is 0 Å². The molecule has 4 fully saturated rings. The van der Waals surface area contributed by atoms with E-state index in [1.807, 2.05) is 0 Å². The van der Waals surface area contributed by atoms with Gasteiger partial charge in [-0.05, 0) is 38.0 Å².